The number of nitrogens with two attached hydrogens (primary N) is 1. The van der Waals surface area contributed by atoms with E-state index >= 15 is 0 Å². The van der Waals surface area contributed by atoms with Gasteiger partial charge in [0, 0.05) is 30.5 Å². The number of ketones is 1. The van der Waals surface area contributed by atoms with Crippen molar-refractivity contribution in [2.24, 2.45) is 17.6 Å². The molecule has 1 aliphatic heterocycles. The molecule has 2 fully saturated rings. The monoisotopic (exact) mass is 408 g/mol. The third kappa shape index (κ3) is 4.61. The van der Waals surface area contributed by atoms with Gasteiger partial charge < -0.3 is 20.5 Å². The van der Waals surface area contributed by atoms with Crippen LogP contribution < -0.4 is 20.5 Å². The number of Topliss-reactive ketones (excluding diaryl/α,β-unsaturated/α-hetero) is 1. The minimum Gasteiger partial charge on any atom is -0.486 e. The molecule has 3 aliphatic rings. The third-order valence-electron chi connectivity index (χ3n) is 6.15. The van der Waals surface area contributed by atoms with Crippen molar-refractivity contribution >= 4 is 24.1 Å². The molecule has 2 bridgehead atoms. The summed E-state index contributed by atoms with van der Waals surface area (Å²) in [6, 6.07) is 5.71. The molecule has 1 aromatic rings. The van der Waals surface area contributed by atoms with Crippen LogP contribution in [-0.2, 0) is 4.79 Å². The third-order valence-corrected chi connectivity index (χ3v) is 6.15. The van der Waals surface area contributed by atoms with Gasteiger partial charge in [-0.1, -0.05) is 6.42 Å². The molecule has 28 heavy (non-hydrogen) atoms. The second kappa shape index (κ2) is 9.14. The quantitative estimate of drug-likeness (QED) is 0.731. The highest BCUT2D eigenvalue weighted by molar-refractivity contribution is 5.98. The minimum absolute atomic E-state index is 0. The van der Waals surface area contributed by atoms with Crippen LogP contribution in [0.25, 0.3) is 0 Å². The molecule has 2 atom stereocenters. The highest BCUT2D eigenvalue weighted by Gasteiger charge is 2.39. The van der Waals surface area contributed by atoms with E-state index in [9.17, 15) is 9.59 Å². The van der Waals surface area contributed by atoms with E-state index in [0.717, 1.165) is 25.7 Å². The van der Waals surface area contributed by atoms with E-state index in [0.29, 0.717) is 42.1 Å². The maximum absolute atomic E-state index is 12.5. The molecule has 7 heteroatoms. The highest BCUT2D eigenvalue weighted by Crippen LogP contribution is 2.39. The van der Waals surface area contributed by atoms with Gasteiger partial charge in [-0.15, -0.1) is 12.4 Å². The number of nitrogens with one attached hydrogen (secondary N) is 1. The summed E-state index contributed by atoms with van der Waals surface area (Å²) in [5, 5.41) is 3.21. The predicted octanol–water partition coefficient (Wildman–Crippen LogP) is 2.86. The fraction of sp³-hybridized carbons (Fsp3) is 0.619. The van der Waals surface area contributed by atoms with Crippen LogP contribution in [0, 0.1) is 11.8 Å². The van der Waals surface area contributed by atoms with Crippen molar-refractivity contribution in [1.29, 1.82) is 0 Å². The molecule has 2 aliphatic carbocycles. The summed E-state index contributed by atoms with van der Waals surface area (Å²) in [6.07, 6.45) is 5.94. The zero-order valence-corrected chi connectivity index (χ0v) is 16.8. The van der Waals surface area contributed by atoms with Crippen LogP contribution >= 0.6 is 12.4 Å². The zero-order valence-electron chi connectivity index (χ0n) is 16.0. The molecule has 1 aromatic carbocycles. The van der Waals surface area contributed by atoms with Crippen LogP contribution in [-0.4, -0.2) is 37.0 Å². The molecule has 1 heterocycles. The molecule has 4 rings (SSSR count). The highest BCUT2D eigenvalue weighted by atomic mass is 35.5. The maximum atomic E-state index is 12.5. The molecule has 0 saturated heterocycles. The van der Waals surface area contributed by atoms with Crippen LogP contribution in [0.3, 0.4) is 0 Å². The predicted molar refractivity (Wildman–Crippen MR) is 108 cm³/mol. The normalized spacial score (nSPS) is 28.0. The molecule has 2 saturated carbocycles. The van der Waals surface area contributed by atoms with E-state index in [2.05, 4.69) is 5.32 Å². The zero-order chi connectivity index (χ0) is 18.8. The lowest BCUT2D eigenvalue weighted by atomic mass is 9.67. The van der Waals surface area contributed by atoms with E-state index in [-0.39, 0.29) is 49.0 Å². The Morgan fingerprint density at radius 3 is 2.43 bits per heavy atom. The number of rotatable bonds is 5. The fourth-order valence-electron chi connectivity index (χ4n) is 4.87. The second-order valence-electron chi connectivity index (χ2n) is 8.06. The van der Waals surface area contributed by atoms with Gasteiger partial charge in [-0.25, -0.2) is 0 Å². The van der Waals surface area contributed by atoms with Gasteiger partial charge in [0.25, 0.3) is 0 Å². The summed E-state index contributed by atoms with van der Waals surface area (Å²) >= 11 is 0. The van der Waals surface area contributed by atoms with Crippen LogP contribution in [0.2, 0.25) is 0 Å². The fourth-order valence-corrected chi connectivity index (χ4v) is 4.87. The number of hydrogen-bond acceptors (Lipinski definition) is 5. The van der Waals surface area contributed by atoms with Crippen molar-refractivity contribution in [3.8, 4) is 11.5 Å². The first-order valence-electron chi connectivity index (χ1n) is 10.1. The molecule has 154 valence electrons. The number of halogens is 1. The lowest BCUT2D eigenvalue weighted by molar-refractivity contribution is -0.123. The van der Waals surface area contributed by atoms with Crippen molar-refractivity contribution in [3.05, 3.63) is 23.8 Å². The number of hydrogen-bond donors (Lipinski definition) is 2. The summed E-state index contributed by atoms with van der Waals surface area (Å²) in [5.74, 6) is 2.17. The number of fused-ring (bicyclic) bond motifs is 3. The molecule has 2 unspecified atom stereocenters. The van der Waals surface area contributed by atoms with E-state index in [1.165, 1.54) is 6.42 Å². The lowest BCUT2D eigenvalue weighted by Gasteiger charge is -2.45. The molecule has 3 N–H and O–H groups in total. The molecular weight excluding hydrogens is 380 g/mol. The van der Waals surface area contributed by atoms with Crippen molar-refractivity contribution in [2.75, 3.05) is 13.2 Å². The summed E-state index contributed by atoms with van der Waals surface area (Å²) in [5.41, 5.74) is 6.72. The van der Waals surface area contributed by atoms with Crippen molar-refractivity contribution in [3.63, 3.8) is 0 Å². The molecule has 0 spiro atoms. The Hall–Kier alpha value is -1.79. The SMILES string of the molecule is Cl.NC1CC2CCCC(C1)C2NC(=O)CCC(=O)c1ccc2c(c1)OCCO2. The summed E-state index contributed by atoms with van der Waals surface area (Å²) in [4.78, 5) is 24.9. The average Bonchev–Trinajstić information content (AvgIpc) is 2.66. The van der Waals surface area contributed by atoms with Gasteiger partial charge in [0.2, 0.25) is 5.91 Å². The average molecular weight is 409 g/mol. The molecule has 6 nitrogen and oxygen atoms in total. The van der Waals surface area contributed by atoms with E-state index < -0.39 is 0 Å². The van der Waals surface area contributed by atoms with Crippen molar-refractivity contribution in [1.82, 2.24) is 5.32 Å². The number of ether oxygens (including phenoxy) is 2. The molecule has 0 radical (unpaired) electrons. The molecular formula is C21H29ClN2O4. The second-order valence-corrected chi connectivity index (χ2v) is 8.06. The van der Waals surface area contributed by atoms with E-state index in [1.807, 2.05) is 0 Å². The minimum atomic E-state index is -0.0482. The number of carbonyl (C=O) groups is 2. The van der Waals surface area contributed by atoms with Crippen LogP contribution in [0.1, 0.15) is 55.3 Å². The van der Waals surface area contributed by atoms with E-state index in [4.69, 9.17) is 15.2 Å². The Morgan fingerprint density at radius 1 is 1.04 bits per heavy atom. The lowest BCUT2D eigenvalue weighted by Crippen LogP contribution is -2.53. The number of carbonyl (C=O) groups excluding carboxylic acids is 2. The number of benzene rings is 1. The standard InChI is InChI=1S/C21H28N2O4.ClH/c22-16-10-14-2-1-3-15(11-16)21(14)23-20(25)7-5-17(24)13-4-6-18-19(12-13)27-9-8-26-18;/h4,6,12,14-16,21H,1-3,5,7-11,22H2,(H,23,25);1H. The molecule has 1 amide bonds. The first kappa shape index (κ1) is 20.9. The smallest absolute Gasteiger partial charge is 0.220 e. The number of amides is 1. The van der Waals surface area contributed by atoms with Gasteiger partial charge in [0.1, 0.15) is 13.2 Å². The Kier molecular flexibility index (Phi) is 6.83. The van der Waals surface area contributed by atoms with Gasteiger partial charge in [0.15, 0.2) is 17.3 Å². The van der Waals surface area contributed by atoms with Crippen molar-refractivity contribution in [2.45, 2.75) is 57.0 Å². The Bertz CT molecular complexity index is 712. The Labute approximate surface area is 171 Å². The Balaban J connectivity index is 0.00000225. The van der Waals surface area contributed by atoms with Crippen molar-refractivity contribution < 1.29 is 19.1 Å². The van der Waals surface area contributed by atoms with Gasteiger partial charge in [-0.3, -0.25) is 9.59 Å². The first-order chi connectivity index (χ1) is 13.1. The van der Waals surface area contributed by atoms with Gasteiger partial charge in [-0.2, -0.15) is 0 Å². The Morgan fingerprint density at radius 2 is 1.71 bits per heavy atom. The summed E-state index contributed by atoms with van der Waals surface area (Å²) in [7, 11) is 0. The summed E-state index contributed by atoms with van der Waals surface area (Å²) in [6.45, 7) is 1.01. The summed E-state index contributed by atoms with van der Waals surface area (Å²) < 4.78 is 11.0. The van der Waals surface area contributed by atoms with Gasteiger partial charge in [0.05, 0.1) is 0 Å². The van der Waals surface area contributed by atoms with Crippen LogP contribution in [0.15, 0.2) is 18.2 Å². The van der Waals surface area contributed by atoms with Crippen LogP contribution in [0.5, 0.6) is 11.5 Å². The topological polar surface area (TPSA) is 90.7 Å². The van der Waals surface area contributed by atoms with Gasteiger partial charge in [-0.05, 0) is 55.7 Å². The maximum Gasteiger partial charge on any atom is 0.220 e. The van der Waals surface area contributed by atoms with E-state index in [1.54, 1.807) is 18.2 Å². The largest absolute Gasteiger partial charge is 0.486 e. The van der Waals surface area contributed by atoms with Crippen LogP contribution in [0.4, 0.5) is 0 Å². The van der Waals surface area contributed by atoms with Gasteiger partial charge >= 0.3 is 0 Å². The molecule has 0 aromatic heterocycles. The first-order valence-corrected chi connectivity index (χ1v) is 10.1.